The summed E-state index contributed by atoms with van der Waals surface area (Å²) in [6.45, 7) is 1.07. The molecule has 4 nitrogen and oxygen atoms in total. The van der Waals surface area contributed by atoms with Crippen LogP contribution in [0.3, 0.4) is 0 Å². The molecule has 0 bridgehead atoms. The molecule has 0 saturated carbocycles. The SMILES string of the molecule is O=C(NCCc1ccccc1)NCc1cncc(-c2ccsc2)c1. The van der Waals surface area contributed by atoms with Crippen LogP contribution >= 0.6 is 11.3 Å². The minimum Gasteiger partial charge on any atom is -0.338 e. The highest BCUT2D eigenvalue weighted by Gasteiger charge is 2.03. The van der Waals surface area contributed by atoms with Gasteiger partial charge in [-0.05, 0) is 46.0 Å². The lowest BCUT2D eigenvalue weighted by atomic mass is 10.1. The van der Waals surface area contributed by atoms with Crippen LogP contribution in [0.25, 0.3) is 11.1 Å². The fourth-order valence-electron chi connectivity index (χ4n) is 2.38. The van der Waals surface area contributed by atoms with Crippen LogP contribution in [0.4, 0.5) is 4.79 Å². The number of aromatic nitrogens is 1. The number of nitrogens with zero attached hydrogens (tertiary/aromatic N) is 1. The van der Waals surface area contributed by atoms with Crippen LogP contribution in [-0.4, -0.2) is 17.6 Å². The number of hydrogen-bond donors (Lipinski definition) is 2. The molecule has 2 N–H and O–H groups in total. The third-order valence-electron chi connectivity index (χ3n) is 3.64. The van der Waals surface area contributed by atoms with Gasteiger partial charge in [0, 0.05) is 31.0 Å². The molecule has 122 valence electrons. The zero-order valence-electron chi connectivity index (χ0n) is 13.2. The molecule has 2 amide bonds. The largest absolute Gasteiger partial charge is 0.338 e. The Bertz CT molecular complexity index is 772. The van der Waals surface area contributed by atoms with Gasteiger partial charge >= 0.3 is 6.03 Å². The Hall–Kier alpha value is -2.66. The normalized spacial score (nSPS) is 10.3. The zero-order chi connectivity index (χ0) is 16.6. The van der Waals surface area contributed by atoms with Crippen molar-refractivity contribution in [3.8, 4) is 11.1 Å². The van der Waals surface area contributed by atoms with E-state index in [0.29, 0.717) is 13.1 Å². The first-order valence-corrected chi connectivity index (χ1v) is 8.78. The third-order valence-corrected chi connectivity index (χ3v) is 4.33. The lowest BCUT2D eigenvalue weighted by molar-refractivity contribution is 0.240. The molecule has 0 saturated heterocycles. The van der Waals surface area contributed by atoms with E-state index in [1.54, 1.807) is 17.5 Å². The van der Waals surface area contributed by atoms with Crippen molar-refractivity contribution in [3.05, 3.63) is 76.7 Å². The number of carbonyl (C=O) groups is 1. The van der Waals surface area contributed by atoms with Crippen LogP contribution in [-0.2, 0) is 13.0 Å². The molecule has 0 fully saturated rings. The molecule has 5 heteroatoms. The maximum absolute atomic E-state index is 11.9. The lowest BCUT2D eigenvalue weighted by Crippen LogP contribution is -2.36. The first-order chi connectivity index (χ1) is 11.8. The van der Waals surface area contributed by atoms with E-state index in [1.807, 2.05) is 29.8 Å². The molecule has 3 aromatic rings. The quantitative estimate of drug-likeness (QED) is 0.718. The van der Waals surface area contributed by atoms with Crippen LogP contribution in [0.1, 0.15) is 11.1 Å². The summed E-state index contributed by atoms with van der Waals surface area (Å²) in [5, 5.41) is 9.87. The molecule has 0 aliphatic rings. The standard InChI is InChI=1S/C19H19N3OS/c23-19(21-8-6-15-4-2-1-3-5-15)22-12-16-10-18(13-20-11-16)17-7-9-24-14-17/h1-5,7,9-11,13-14H,6,8,12H2,(H2,21,22,23). The summed E-state index contributed by atoms with van der Waals surface area (Å²) in [7, 11) is 0. The van der Waals surface area contributed by atoms with Gasteiger partial charge < -0.3 is 10.6 Å². The number of pyridine rings is 1. The number of rotatable bonds is 6. The monoisotopic (exact) mass is 337 g/mol. The van der Waals surface area contributed by atoms with Gasteiger partial charge in [-0.25, -0.2) is 4.79 Å². The summed E-state index contributed by atoms with van der Waals surface area (Å²) in [5.41, 5.74) is 4.42. The van der Waals surface area contributed by atoms with Crippen LogP contribution in [0.2, 0.25) is 0 Å². The first-order valence-electron chi connectivity index (χ1n) is 7.83. The van der Waals surface area contributed by atoms with Gasteiger partial charge in [-0.1, -0.05) is 30.3 Å². The fourth-order valence-corrected chi connectivity index (χ4v) is 3.05. The molecular formula is C19H19N3OS. The third kappa shape index (κ3) is 4.67. The van der Waals surface area contributed by atoms with E-state index < -0.39 is 0 Å². The maximum Gasteiger partial charge on any atom is 0.315 e. The molecule has 0 radical (unpaired) electrons. The summed E-state index contributed by atoms with van der Waals surface area (Å²) in [6.07, 6.45) is 4.44. The number of carbonyl (C=O) groups excluding carboxylic acids is 1. The molecule has 0 atom stereocenters. The smallest absolute Gasteiger partial charge is 0.315 e. The van der Waals surface area contributed by atoms with E-state index in [4.69, 9.17) is 0 Å². The van der Waals surface area contributed by atoms with Gasteiger partial charge in [-0.15, -0.1) is 0 Å². The van der Waals surface area contributed by atoms with Gasteiger partial charge in [0.05, 0.1) is 0 Å². The van der Waals surface area contributed by atoms with Crippen LogP contribution in [0.5, 0.6) is 0 Å². The van der Waals surface area contributed by atoms with E-state index >= 15 is 0 Å². The number of thiophene rings is 1. The highest BCUT2D eigenvalue weighted by Crippen LogP contribution is 2.21. The summed E-state index contributed by atoms with van der Waals surface area (Å²) in [6, 6.07) is 14.1. The van der Waals surface area contributed by atoms with Gasteiger partial charge in [-0.3, -0.25) is 4.98 Å². The molecule has 2 aromatic heterocycles. The second-order valence-corrected chi connectivity index (χ2v) is 6.22. The van der Waals surface area contributed by atoms with Crippen molar-refractivity contribution in [2.45, 2.75) is 13.0 Å². The molecule has 24 heavy (non-hydrogen) atoms. The van der Waals surface area contributed by atoms with Gasteiger partial charge in [0.2, 0.25) is 0 Å². The van der Waals surface area contributed by atoms with Crippen molar-refractivity contribution in [1.82, 2.24) is 15.6 Å². The minimum absolute atomic E-state index is 0.160. The van der Waals surface area contributed by atoms with E-state index in [9.17, 15) is 4.79 Å². The van der Waals surface area contributed by atoms with Crippen LogP contribution in [0, 0.1) is 0 Å². The summed E-state index contributed by atoms with van der Waals surface area (Å²) >= 11 is 1.66. The Balaban J connectivity index is 1.45. The molecule has 0 spiro atoms. The van der Waals surface area contributed by atoms with E-state index in [1.165, 1.54) is 5.56 Å². The Morgan fingerprint density at radius 1 is 1.00 bits per heavy atom. The second-order valence-electron chi connectivity index (χ2n) is 5.44. The summed E-state index contributed by atoms with van der Waals surface area (Å²) in [5.74, 6) is 0. The van der Waals surface area contributed by atoms with E-state index in [0.717, 1.165) is 23.1 Å². The number of urea groups is 1. The predicted molar refractivity (Wildman–Crippen MR) is 97.9 cm³/mol. The van der Waals surface area contributed by atoms with Crippen molar-refractivity contribution >= 4 is 17.4 Å². The van der Waals surface area contributed by atoms with Crippen molar-refractivity contribution in [2.75, 3.05) is 6.54 Å². The lowest BCUT2D eigenvalue weighted by Gasteiger charge is -2.08. The zero-order valence-corrected chi connectivity index (χ0v) is 14.1. The average molecular weight is 337 g/mol. The topological polar surface area (TPSA) is 54.0 Å². The number of amides is 2. The van der Waals surface area contributed by atoms with Gasteiger partial charge in [0.1, 0.15) is 0 Å². The van der Waals surface area contributed by atoms with Crippen molar-refractivity contribution in [3.63, 3.8) is 0 Å². The maximum atomic E-state index is 11.9. The molecular weight excluding hydrogens is 318 g/mol. The Kier molecular flexibility index (Phi) is 5.58. The number of benzene rings is 1. The molecule has 0 aliphatic heterocycles. The molecule has 1 aromatic carbocycles. The molecule has 0 unspecified atom stereocenters. The van der Waals surface area contributed by atoms with Crippen molar-refractivity contribution < 1.29 is 4.79 Å². The summed E-state index contributed by atoms with van der Waals surface area (Å²) < 4.78 is 0. The van der Waals surface area contributed by atoms with Gasteiger partial charge in [0.15, 0.2) is 0 Å². The Labute approximate surface area is 145 Å². The minimum atomic E-state index is -0.160. The van der Waals surface area contributed by atoms with Gasteiger partial charge in [0.25, 0.3) is 0 Å². The van der Waals surface area contributed by atoms with Crippen molar-refractivity contribution in [2.24, 2.45) is 0 Å². The average Bonchev–Trinajstić information content (AvgIpc) is 3.16. The predicted octanol–water partition coefficient (Wildman–Crippen LogP) is 3.85. The van der Waals surface area contributed by atoms with Crippen LogP contribution in [0.15, 0.2) is 65.6 Å². The van der Waals surface area contributed by atoms with Crippen molar-refractivity contribution in [1.29, 1.82) is 0 Å². The summed E-state index contributed by atoms with van der Waals surface area (Å²) in [4.78, 5) is 16.1. The first kappa shape index (κ1) is 16.2. The van der Waals surface area contributed by atoms with Crippen LogP contribution < -0.4 is 10.6 Å². The number of nitrogens with one attached hydrogen (secondary N) is 2. The Morgan fingerprint density at radius 2 is 1.88 bits per heavy atom. The van der Waals surface area contributed by atoms with E-state index in [-0.39, 0.29) is 6.03 Å². The highest BCUT2D eigenvalue weighted by molar-refractivity contribution is 7.08. The fraction of sp³-hybridized carbons (Fsp3) is 0.158. The van der Waals surface area contributed by atoms with Gasteiger partial charge in [-0.2, -0.15) is 11.3 Å². The molecule has 2 heterocycles. The molecule has 0 aliphatic carbocycles. The van der Waals surface area contributed by atoms with E-state index in [2.05, 4.69) is 45.3 Å². The Morgan fingerprint density at radius 3 is 2.67 bits per heavy atom. The second kappa shape index (κ2) is 8.26. The number of hydrogen-bond acceptors (Lipinski definition) is 3. The highest BCUT2D eigenvalue weighted by atomic mass is 32.1. The molecule has 3 rings (SSSR count).